The first-order valence-electron chi connectivity index (χ1n) is 7.25. The first-order valence-corrected chi connectivity index (χ1v) is 7.25. The number of hydrogen-bond donors (Lipinski definition) is 2. The number of hydrogen-bond acceptors (Lipinski definition) is 3. The number of nitrogens with one attached hydrogen (secondary N) is 2. The van der Waals surface area contributed by atoms with Gasteiger partial charge in [-0.25, -0.2) is 0 Å². The third kappa shape index (κ3) is 2.79. The molecule has 0 spiro atoms. The van der Waals surface area contributed by atoms with Crippen LogP contribution in [-0.2, 0) is 11.8 Å². The second-order valence-corrected chi connectivity index (χ2v) is 5.49. The summed E-state index contributed by atoms with van der Waals surface area (Å²) in [6.45, 7) is 0.00186. The quantitative estimate of drug-likeness (QED) is 0.896. The Labute approximate surface area is 122 Å². The molecule has 2 N–H and O–H groups in total. The van der Waals surface area contributed by atoms with Crippen molar-refractivity contribution in [2.75, 3.05) is 6.54 Å². The Kier molecular flexibility index (Phi) is 3.68. The molecule has 1 aliphatic carbocycles. The molecular weight excluding hydrogens is 270 g/mol. The van der Waals surface area contributed by atoms with Gasteiger partial charge in [-0.15, -0.1) is 0 Å². The van der Waals surface area contributed by atoms with Crippen molar-refractivity contribution in [2.24, 2.45) is 7.05 Å². The van der Waals surface area contributed by atoms with Crippen LogP contribution in [0.5, 0.6) is 0 Å². The minimum atomic E-state index is -0.273. The van der Waals surface area contributed by atoms with Gasteiger partial charge in [-0.3, -0.25) is 9.59 Å². The molecule has 6 nitrogen and oxygen atoms in total. The Balaban J connectivity index is 1.57. The van der Waals surface area contributed by atoms with Crippen LogP contribution < -0.4 is 10.6 Å². The molecule has 2 amide bonds. The molecule has 3 rings (SSSR count). The van der Waals surface area contributed by atoms with Crippen molar-refractivity contribution < 1.29 is 14.0 Å². The molecule has 0 aromatic carbocycles. The number of nitrogens with zero attached hydrogens (tertiary/aromatic N) is 1. The largest absolute Gasteiger partial charge is 0.463 e. The maximum absolute atomic E-state index is 12.1. The van der Waals surface area contributed by atoms with Gasteiger partial charge in [-0.05, 0) is 12.8 Å². The Morgan fingerprint density at radius 1 is 1.38 bits per heavy atom. The molecule has 0 radical (unpaired) electrons. The zero-order valence-corrected chi connectivity index (χ0v) is 12.0. The minimum Gasteiger partial charge on any atom is -0.463 e. The third-order valence-corrected chi connectivity index (χ3v) is 4.03. The predicted octanol–water partition coefficient (Wildman–Crippen LogP) is 1.56. The Bertz CT molecular complexity index is 665. The van der Waals surface area contributed by atoms with E-state index in [1.54, 1.807) is 30.0 Å². The van der Waals surface area contributed by atoms with Crippen LogP contribution in [0.15, 0.2) is 22.8 Å². The van der Waals surface area contributed by atoms with Gasteiger partial charge in [0.1, 0.15) is 5.69 Å². The van der Waals surface area contributed by atoms with Gasteiger partial charge in [0.25, 0.3) is 5.91 Å². The second-order valence-electron chi connectivity index (χ2n) is 5.49. The number of fused-ring (bicyclic) bond motifs is 1. The summed E-state index contributed by atoms with van der Waals surface area (Å²) < 4.78 is 7.02. The van der Waals surface area contributed by atoms with Crippen molar-refractivity contribution in [1.29, 1.82) is 0 Å². The van der Waals surface area contributed by atoms with Gasteiger partial charge in [-0.1, -0.05) is 12.8 Å². The lowest BCUT2D eigenvalue weighted by atomic mass is 10.2. The SMILES string of the molecule is Cn1c(C(=O)NCC(=O)NC2CCCC2)cc2occc21. The van der Waals surface area contributed by atoms with E-state index in [0.29, 0.717) is 11.3 Å². The molecule has 0 unspecified atom stereocenters. The molecule has 0 bridgehead atoms. The molecule has 1 aliphatic rings. The van der Waals surface area contributed by atoms with Gasteiger partial charge in [0.2, 0.25) is 5.91 Å². The van der Waals surface area contributed by atoms with Gasteiger partial charge in [0, 0.05) is 25.2 Å². The van der Waals surface area contributed by atoms with E-state index in [-0.39, 0.29) is 24.4 Å². The van der Waals surface area contributed by atoms with Crippen LogP contribution in [-0.4, -0.2) is 29.0 Å². The fraction of sp³-hybridized carbons (Fsp3) is 0.467. The molecule has 2 aromatic rings. The van der Waals surface area contributed by atoms with Crippen LogP contribution in [0.2, 0.25) is 0 Å². The predicted molar refractivity (Wildman–Crippen MR) is 77.9 cm³/mol. The summed E-state index contributed by atoms with van der Waals surface area (Å²) in [5.74, 6) is -0.404. The number of rotatable bonds is 4. The zero-order valence-electron chi connectivity index (χ0n) is 12.0. The number of furan rings is 1. The molecule has 6 heteroatoms. The van der Waals surface area contributed by atoms with E-state index in [9.17, 15) is 9.59 Å². The molecular formula is C15H19N3O3. The normalized spacial score (nSPS) is 15.5. The summed E-state index contributed by atoms with van der Waals surface area (Å²) in [4.78, 5) is 23.9. The highest BCUT2D eigenvalue weighted by Crippen LogP contribution is 2.19. The van der Waals surface area contributed by atoms with Gasteiger partial charge in [0.15, 0.2) is 5.58 Å². The average Bonchev–Trinajstić information content (AvgIpc) is 3.16. The Morgan fingerprint density at radius 3 is 2.86 bits per heavy atom. The van der Waals surface area contributed by atoms with Gasteiger partial charge in [0.05, 0.1) is 18.3 Å². The summed E-state index contributed by atoms with van der Waals surface area (Å²) in [6, 6.07) is 3.75. The van der Waals surface area contributed by atoms with Crippen LogP contribution in [0.25, 0.3) is 11.1 Å². The molecule has 0 saturated heterocycles. The van der Waals surface area contributed by atoms with Crippen molar-refractivity contribution in [3.05, 3.63) is 24.1 Å². The zero-order chi connectivity index (χ0) is 14.8. The highest BCUT2D eigenvalue weighted by Gasteiger charge is 2.19. The summed E-state index contributed by atoms with van der Waals surface area (Å²) in [7, 11) is 1.80. The summed E-state index contributed by atoms with van der Waals surface area (Å²) in [5.41, 5.74) is 2.01. The molecule has 0 aliphatic heterocycles. The molecule has 2 aromatic heterocycles. The average molecular weight is 289 g/mol. The maximum atomic E-state index is 12.1. The smallest absolute Gasteiger partial charge is 0.268 e. The van der Waals surface area contributed by atoms with Gasteiger partial charge in [-0.2, -0.15) is 0 Å². The van der Waals surface area contributed by atoms with Crippen molar-refractivity contribution in [3.63, 3.8) is 0 Å². The van der Waals surface area contributed by atoms with Crippen molar-refractivity contribution in [2.45, 2.75) is 31.7 Å². The van der Waals surface area contributed by atoms with Crippen molar-refractivity contribution >= 4 is 22.9 Å². The fourth-order valence-electron chi connectivity index (χ4n) is 2.87. The first-order chi connectivity index (χ1) is 10.1. The van der Waals surface area contributed by atoms with E-state index in [1.165, 1.54) is 12.8 Å². The van der Waals surface area contributed by atoms with E-state index in [2.05, 4.69) is 10.6 Å². The van der Waals surface area contributed by atoms with Crippen LogP contribution >= 0.6 is 0 Å². The summed E-state index contributed by atoms with van der Waals surface area (Å²) in [6.07, 6.45) is 5.99. The lowest BCUT2D eigenvalue weighted by Crippen LogP contribution is -2.41. The number of aromatic nitrogens is 1. The second kappa shape index (κ2) is 5.63. The topological polar surface area (TPSA) is 76.3 Å². The number of amides is 2. The molecule has 1 fully saturated rings. The Morgan fingerprint density at radius 2 is 2.14 bits per heavy atom. The van der Waals surface area contributed by atoms with Crippen LogP contribution in [0.3, 0.4) is 0 Å². The summed E-state index contributed by atoms with van der Waals surface area (Å²) >= 11 is 0. The highest BCUT2D eigenvalue weighted by atomic mass is 16.3. The first kappa shape index (κ1) is 13.7. The lowest BCUT2D eigenvalue weighted by Gasteiger charge is -2.12. The van der Waals surface area contributed by atoms with Crippen molar-refractivity contribution in [3.8, 4) is 0 Å². The molecule has 21 heavy (non-hydrogen) atoms. The molecule has 2 heterocycles. The van der Waals surface area contributed by atoms with E-state index in [0.717, 1.165) is 18.4 Å². The number of carbonyl (C=O) groups is 2. The van der Waals surface area contributed by atoms with Crippen molar-refractivity contribution in [1.82, 2.24) is 15.2 Å². The van der Waals surface area contributed by atoms with E-state index >= 15 is 0 Å². The van der Waals surface area contributed by atoms with Gasteiger partial charge >= 0.3 is 0 Å². The maximum Gasteiger partial charge on any atom is 0.268 e. The van der Waals surface area contributed by atoms with E-state index in [1.807, 2.05) is 0 Å². The molecule has 0 atom stereocenters. The van der Waals surface area contributed by atoms with E-state index in [4.69, 9.17) is 4.42 Å². The fourth-order valence-corrected chi connectivity index (χ4v) is 2.87. The number of aryl methyl sites for hydroxylation is 1. The number of carbonyl (C=O) groups excluding carboxylic acids is 2. The van der Waals surface area contributed by atoms with Crippen LogP contribution in [0, 0.1) is 0 Å². The standard InChI is InChI=1S/C15H19N3O3/c1-18-11-6-7-21-13(11)8-12(18)15(20)16-9-14(19)17-10-4-2-3-5-10/h6-8,10H,2-5,9H2,1H3,(H,16,20)(H,17,19). The third-order valence-electron chi connectivity index (χ3n) is 4.03. The van der Waals surface area contributed by atoms with Crippen LogP contribution in [0.4, 0.5) is 0 Å². The van der Waals surface area contributed by atoms with E-state index < -0.39 is 0 Å². The highest BCUT2D eigenvalue weighted by molar-refractivity contribution is 5.99. The minimum absolute atomic E-state index is 0.00186. The monoisotopic (exact) mass is 289 g/mol. The lowest BCUT2D eigenvalue weighted by molar-refractivity contribution is -0.120. The molecule has 1 saturated carbocycles. The van der Waals surface area contributed by atoms with Crippen LogP contribution in [0.1, 0.15) is 36.2 Å². The Hall–Kier alpha value is -2.24. The molecule has 112 valence electrons. The van der Waals surface area contributed by atoms with Gasteiger partial charge < -0.3 is 19.6 Å². The summed E-state index contributed by atoms with van der Waals surface area (Å²) in [5, 5.41) is 5.59.